The van der Waals surface area contributed by atoms with E-state index in [1.807, 2.05) is 57.2 Å². The van der Waals surface area contributed by atoms with Gasteiger partial charge >= 0.3 is 0 Å². The predicted molar refractivity (Wildman–Crippen MR) is 82.5 cm³/mol. The molecule has 0 fully saturated rings. The summed E-state index contributed by atoms with van der Waals surface area (Å²) in [6.45, 7) is 5.91. The first-order valence-electron chi connectivity index (χ1n) is 6.68. The first kappa shape index (κ1) is 14.9. The number of aryl methyl sites for hydroxylation is 1. The summed E-state index contributed by atoms with van der Waals surface area (Å²) in [5, 5.41) is 11.0. The molecule has 20 heavy (non-hydrogen) atoms. The number of aliphatic hydroxyl groups excluding tert-OH is 1. The molecule has 2 rings (SSSR count). The monoisotopic (exact) mass is 290 g/mol. The van der Waals surface area contributed by atoms with Crippen molar-refractivity contribution in [3.05, 3.63) is 64.2 Å². The lowest BCUT2D eigenvalue weighted by molar-refractivity contribution is 0.219. The summed E-state index contributed by atoms with van der Waals surface area (Å²) in [6.07, 6.45) is -0.539. The van der Waals surface area contributed by atoms with Gasteiger partial charge in [0, 0.05) is 5.02 Å². The predicted octanol–water partition coefficient (Wildman–Crippen LogP) is 4.52. The number of benzene rings is 2. The van der Waals surface area contributed by atoms with Gasteiger partial charge in [0.2, 0.25) is 0 Å². The molecule has 0 radical (unpaired) electrons. The smallest absolute Gasteiger partial charge is 0.119 e. The van der Waals surface area contributed by atoms with Gasteiger partial charge in [0.05, 0.1) is 6.10 Å². The molecule has 0 aromatic heterocycles. The molecule has 0 aliphatic heterocycles. The normalized spacial score (nSPS) is 12.5. The molecule has 0 aliphatic rings. The fourth-order valence-corrected chi connectivity index (χ4v) is 2.16. The zero-order valence-electron chi connectivity index (χ0n) is 11.9. The topological polar surface area (TPSA) is 29.5 Å². The number of rotatable bonds is 4. The molecule has 3 heteroatoms. The Morgan fingerprint density at radius 1 is 1.00 bits per heavy atom. The van der Waals surface area contributed by atoms with Crippen LogP contribution in [0.3, 0.4) is 0 Å². The van der Waals surface area contributed by atoms with Crippen LogP contribution in [0.4, 0.5) is 0 Å². The van der Waals surface area contributed by atoms with Crippen LogP contribution in [-0.4, -0.2) is 11.2 Å². The molecule has 0 amide bonds. The highest BCUT2D eigenvalue weighted by molar-refractivity contribution is 6.31. The van der Waals surface area contributed by atoms with Crippen molar-refractivity contribution in [3.8, 4) is 5.75 Å². The molecule has 106 valence electrons. The molecule has 0 saturated heterocycles. The van der Waals surface area contributed by atoms with Crippen molar-refractivity contribution in [2.24, 2.45) is 0 Å². The van der Waals surface area contributed by atoms with Crippen LogP contribution in [0.15, 0.2) is 42.5 Å². The Morgan fingerprint density at radius 3 is 2.15 bits per heavy atom. The van der Waals surface area contributed by atoms with Crippen LogP contribution in [0, 0.1) is 6.92 Å². The van der Waals surface area contributed by atoms with Gasteiger partial charge in [-0.1, -0.05) is 35.9 Å². The highest BCUT2D eigenvalue weighted by Gasteiger charge is 2.11. The van der Waals surface area contributed by atoms with E-state index >= 15 is 0 Å². The van der Waals surface area contributed by atoms with E-state index in [-0.39, 0.29) is 6.10 Å². The van der Waals surface area contributed by atoms with Crippen molar-refractivity contribution in [3.63, 3.8) is 0 Å². The SMILES string of the molecule is Cc1ccc(C(O)c2ccc(OC(C)C)cc2)cc1Cl. The maximum Gasteiger partial charge on any atom is 0.119 e. The lowest BCUT2D eigenvalue weighted by atomic mass is 10.0. The Hall–Kier alpha value is -1.51. The van der Waals surface area contributed by atoms with E-state index in [1.165, 1.54) is 0 Å². The molecule has 0 aliphatic carbocycles. The molecule has 2 aromatic carbocycles. The van der Waals surface area contributed by atoms with Crippen LogP contribution < -0.4 is 4.74 Å². The van der Waals surface area contributed by atoms with Crippen LogP contribution >= 0.6 is 11.6 Å². The van der Waals surface area contributed by atoms with Crippen LogP contribution in [0.25, 0.3) is 0 Å². The molecular weight excluding hydrogens is 272 g/mol. The molecule has 2 aromatic rings. The summed E-state index contributed by atoms with van der Waals surface area (Å²) in [4.78, 5) is 0. The maximum atomic E-state index is 10.4. The summed E-state index contributed by atoms with van der Waals surface area (Å²) in [5.41, 5.74) is 2.61. The number of halogens is 1. The van der Waals surface area contributed by atoms with Crippen LogP contribution in [-0.2, 0) is 0 Å². The molecular formula is C17H19ClO2. The molecule has 0 spiro atoms. The summed E-state index contributed by atoms with van der Waals surface area (Å²) in [6, 6.07) is 13.1. The molecule has 1 unspecified atom stereocenters. The summed E-state index contributed by atoms with van der Waals surface area (Å²) in [5.74, 6) is 0.804. The van der Waals surface area contributed by atoms with Gasteiger partial charge in [-0.05, 0) is 55.7 Å². The van der Waals surface area contributed by atoms with Gasteiger partial charge in [-0.25, -0.2) is 0 Å². The second kappa shape index (κ2) is 6.29. The minimum absolute atomic E-state index is 0.140. The van der Waals surface area contributed by atoms with Crippen LogP contribution in [0.2, 0.25) is 5.02 Å². The van der Waals surface area contributed by atoms with E-state index in [9.17, 15) is 5.11 Å². The first-order chi connectivity index (χ1) is 9.47. The second-order valence-electron chi connectivity index (χ2n) is 5.15. The lowest BCUT2D eigenvalue weighted by Crippen LogP contribution is -2.06. The summed E-state index contributed by atoms with van der Waals surface area (Å²) in [7, 11) is 0. The quantitative estimate of drug-likeness (QED) is 0.897. The third-order valence-electron chi connectivity index (χ3n) is 3.08. The minimum atomic E-state index is -0.679. The summed E-state index contributed by atoms with van der Waals surface area (Å²) >= 11 is 6.10. The van der Waals surface area contributed by atoms with E-state index < -0.39 is 6.10 Å². The van der Waals surface area contributed by atoms with Crippen molar-refractivity contribution >= 4 is 11.6 Å². The van der Waals surface area contributed by atoms with Gasteiger partial charge in [0.1, 0.15) is 11.9 Å². The Morgan fingerprint density at radius 2 is 1.60 bits per heavy atom. The van der Waals surface area contributed by atoms with Gasteiger partial charge in [-0.3, -0.25) is 0 Å². The van der Waals surface area contributed by atoms with E-state index in [0.29, 0.717) is 5.02 Å². The van der Waals surface area contributed by atoms with Gasteiger partial charge in [-0.2, -0.15) is 0 Å². The average Bonchev–Trinajstić information content (AvgIpc) is 2.41. The molecule has 1 atom stereocenters. The van der Waals surface area contributed by atoms with E-state index in [1.54, 1.807) is 6.07 Å². The fraction of sp³-hybridized carbons (Fsp3) is 0.294. The fourth-order valence-electron chi connectivity index (χ4n) is 1.97. The van der Waals surface area contributed by atoms with E-state index in [4.69, 9.17) is 16.3 Å². The Balaban J connectivity index is 2.20. The average molecular weight is 291 g/mol. The zero-order valence-corrected chi connectivity index (χ0v) is 12.7. The second-order valence-corrected chi connectivity index (χ2v) is 5.55. The zero-order chi connectivity index (χ0) is 14.7. The standard InChI is InChI=1S/C17H19ClO2/c1-11(2)20-15-8-6-13(7-9-15)17(19)14-5-4-12(3)16(18)10-14/h4-11,17,19H,1-3H3. The lowest BCUT2D eigenvalue weighted by Gasteiger charge is -2.14. The van der Waals surface area contributed by atoms with Gasteiger partial charge in [-0.15, -0.1) is 0 Å². The van der Waals surface area contributed by atoms with E-state index in [0.717, 1.165) is 22.4 Å². The molecule has 0 saturated carbocycles. The van der Waals surface area contributed by atoms with Crippen molar-refractivity contribution in [2.75, 3.05) is 0 Å². The van der Waals surface area contributed by atoms with Gasteiger partial charge in [0.15, 0.2) is 0 Å². The molecule has 0 heterocycles. The Bertz CT molecular complexity index is 576. The molecule has 1 N–H and O–H groups in total. The van der Waals surface area contributed by atoms with Crippen LogP contribution in [0.1, 0.15) is 36.6 Å². The summed E-state index contributed by atoms with van der Waals surface area (Å²) < 4.78 is 5.59. The number of hydrogen-bond acceptors (Lipinski definition) is 2. The molecule has 2 nitrogen and oxygen atoms in total. The first-order valence-corrected chi connectivity index (χ1v) is 7.06. The van der Waals surface area contributed by atoms with Crippen molar-refractivity contribution < 1.29 is 9.84 Å². The van der Waals surface area contributed by atoms with Gasteiger partial charge in [0.25, 0.3) is 0 Å². The van der Waals surface area contributed by atoms with Crippen molar-refractivity contribution in [1.29, 1.82) is 0 Å². The maximum absolute atomic E-state index is 10.4. The third-order valence-corrected chi connectivity index (χ3v) is 3.49. The Kier molecular flexibility index (Phi) is 4.69. The Labute approximate surface area is 125 Å². The van der Waals surface area contributed by atoms with E-state index in [2.05, 4.69) is 0 Å². The van der Waals surface area contributed by atoms with Gasteiger partial charge < -0.3 is 9.84 Å². The highest BCUT2D eigenvalue weighted by Crippen LogP contribution is 2.27. The van der Waals surface area contributed by atoms with Crippen LogP contribution in [0.5, 0.6) is 5.75 Å². The molecule has 0 bridgehead atoms. The largest absolute Gasteiger partial charge is 0.491 e. The third kappa shape index (κ3) is 3.53. The number of aliphatic hydroxyl groups is 1. The highest BCUT2D eigenvalue weighted by atomic mass is 35.5. The number of ether oxygens (including phenoxy) is 1. The minimum Gasteiger partial charge on any atom is -0.491 e. The van der Waals surface area contributed by atoms with Crippen molar-refractivity contribution in [2.45, 2.75) is 33.0 Å². The number of hydrogen-bond donors (Lipinski definition) is 1. The van der Waals surface area contributed by atoms with Crippen molar-refractivity contribution in [1.82, 2.24) is 0 Å².